The SMILES string of the molecule is CCCCc1ccccc1N([S-])C(=S)S. The summed E-state index contributed by atoms with van der Waals surface area (Å²) in [5.74, 6) is 0. The van der Waals surface area contributed by atoms with Gasteiger partial charge in [-0.2, -0.15) is 0 Å². The maximum absolute atomic E-state index is 5.18. The minimum atomic E-state index is 0.425. The molecule has 82 valence electrons. The Hall–Kier alpha value is -0.190. The molecule has 0 saturated carbocycles. The third-order valence-electron chi connectivity index (χ3n) is 2.18. The Morgan fingerprint density at radius 2 is 2.13 bits per heavy atom. The fourth-order valence-electron chi connectivity index (χ4n) is 1.39. The first-order valence-corrected chi connectivity index (χ1v) is 6.17. The molecular formula is C11H14NS3-. The highest BCUT2D eigenvalue weighted by atomic mass is 32.1. The van der Waals surface area contributed by atoms with Gasteiger partial charge in [0.05, 0.1) is 0 Å². The van der Waals surface area contributed by atoms with Gasteiger partial charge in [-0.3, -0.25) is 0 Å². The number of para-hydroxylation sites is 1. The van der Waals surface area contributed by atoms with E-state index in [1.165, 1.54) is 22.7 Å². The van der Waals surface area contributed by atoms with Crippen LogP contribution >= 0.6 is 24.8 Å². The van der Waals surface area contributed by atoms with Crippen LogP contribution in [-0.2, 0) is 19.2 Å². The summed E-state index contributed by atoms with van der Waals surface area (Å²) in [6, 6.07) is 8.08. The number of anilines is 1. The van der Waals surface area contributed by atoms with Gasteiger partial charge in [-0.05, 0) is 24.5 Å². The Morgan fingerprint density at radius 1 is 1.47 bits per heavy atom. The predicted molar refractivity (Wildman–Crippen MR) is 76.5 cm³/mol. The third-order valence-corrected chi connectivity index (χ3v) is 3.20. The Bertz CT molecular complexity index is 338. The quantitative estimate of drug-likeness (QED) is 0.499. The fourth-order valence-corrected chi connectivity index (χ4v) is 1.77. The second-order valence-electron chi connectivity index (χ2n) is 3.31. The summed E-state index contributed by atoms with van der Waals surface area (Å²) >= 11 is 14.2. The number of hydrogen-bond acceptors (Lipinski definition) is 2. The number of thiocarbonyl (C=S) groups is 1. The summed E-state index contributed by atoms with van der Waals surface area (Å²) < 4.78 is 1.96. The zero-order valence-electron chi connectivity index (χ0n) is 8.64. The molecule has 0 heterocycles. The molecule has 0 fully saturated rings. The van der Waals surface area contributed by atoms with Crippen molar-refractivity contribution in [1.82, 2.24) is 0 Å². The normalized spacial score (nSPS) is 10.1. The lowest BCUT2D eigenvalue weighted by Crippen LogP contribution is -2.18. The first-order valence-electron chi connectivity index (χ1n) is 4.95. The topological polar surface area (TPSA) is 3.24 Å². The van der Waals surface area contributed by atoms with E-state index >= 15 is 0 Å². The van der Waals surface area contributed by atoms with E-state index < -0.39 is 0 Å². The molecule has 1 rings (SSSR count). The van der Waals surface area contributed by atoms with Crippen LogP contribution in [0.15, 0.2) is 24.3 Å². The van der Waals surface area contributed by atoms with Gasteiger partial charge in [0, 0.05) is 5.69 Å². The molecule has 0 aliphatic rings. The molecular weight excluding hydrogens is 242 g/mol. The molecule has 0 spiro atoms. The number of nitrogens with zero attached hydrogens (tertiary/aromatic N) is 1. The monoisotopic (exact) mass is 256 g/mol. The molecule has 0 amide bonds. The first-order chi connectivity index (χ1) is 7.16. The van der Waals surface area contributed by atoms with Gasteiger partial charge in [-0.1, -0.05) is 43.8 Å². The van der Waals surface area contributed by atoms with E-state index in [-0.39, 0.29) is 0 Å². The van der Waals surface area contributed by atoms with Crippen LogP contribution in [0.1, 0.15) is 25.3 Å². The van der Waals surface area contributed by atoms with Gasteiger partial charge in [0.1, 0.15) is 4.32 Å². The van der Waals surface area contributed by atoms with E-state index in [2.05, 4.69) is 25.6 Å². The fraction of sp³-hybridized carbons (Fsp3) is 0.364. The van der Waals surface area contributed by atoms with Crippen LogP contribution in [0.2, 0.25) is 0 Å². The lowest BCUT2D eigenvalue weighted by Gasteiger charge is -2.32. The molecule has 4 heteroatoms. The average molecular weight is 256 g/mol. The molecule has 0 radical (unpaired) electrons. The zero-order valence-corrected chi connectivity index (χ0v) is 11.2. The number of thiol groups is 1. The molecule has 0 bridgehead atoms. The molecule has 0 aliphatic heterocycles. The lowest BCUT2D eigenvalue weighted by molar-refractivity contribution is 0.796. The Kier molecular flexibility index (Phi) is 5.50. The van der Waals surface area contributed by atoms with E-state index in [4.69, 9.17) is 25.0 Å². The van der Waals surface area contributed by atoms with Crippen LogP contribution in [0.3, 0.4) is 0 Å². The number of hydrogen-bond donors (Lipinski definition) is 1. The van der Waals surface area contributed by atoms with Crippen LogP contribution in [0.4, 0.5) is 5.69 Å². The molecule has 0 aromatic heterocycles. The van der Waals surface area contributed by atoms with Crippen LogP contribution < -0.4 is 4.31 Å². The lowest BCUT2D eigenvalue weighted by atomic mass is 10.1. The number of unbranched alkanes of at least 4 members (excludes halogenated alkanes) is 1. The molecule has 1 aromatic carbocycles. The Morgan fingerprint density at radius 3 is 2.73 bits per heavy atom. The van der Waals surface area contributed by atoms with Crippen molar-refractivity contribution in [1.29, 1.82) is 0 Å². The second kappa shape index (κ2) is 6.40. The van der Waals surface area contributed by atoms with Gasteiger partial charge in [0.25, 0.3) is 0 Å². The van der Waals surface area contributed by atoms with Gasteiger partial charge in [0.15, 0.2) is 0 Å². The van der Waals surface area contributed by atoms with E-state index in [1.54, 1.807) is 0 Å². The number of benzene rings is 1. The summed E-state index contributed by atoms with van der Waals surface area (Å²) in [5.41, 5.74) is 2.23. The molecule has 15 heavy (non-hydrogen) atoms. The average Bonchev–Trinajstić information content (AvgIpc) is 2.25. The van der Waals surface area contributed by atoms with Crippen molar-refractivity contribution in [3.63, 3.8) is 0 Å². The molecule has 0 atom stereocenters. The smallest absolute Gasteiger partial charge is 0.115 e. The van der Waals surface area contributed by atoms with Gasteiger partial charge in [-0.15, -0.1) is 12.6 Å². The van der Waals surface area contributed by atoms with Crippen LogP contribution in [0.5, 0.6) is 0 Å². The summed E-state index contributed by atoms with van der Waals surface area (Å²) in [4.78, 5) is 0. The molecule has 0 aliphatic carbocycles. The minimum absolute atomic E-state index is 0.425. The third kappa shape index (κ3) is 3.70. The van der Waals surface area contributed by atoms with Crippen molar-refractivity contribution in [2.24, 2.45) is 0 Å². The summed E-state index contributed by atoms with van der Waals surface area (Å²) in [7, 11) is 0. The summed E-state index contributed by atoms with van der Waals surface area (Å²) in [6.45, 7) is 2.18. The predicted octanol–water partition coefficient (Wildman–Crippen LogP) is 3.51. The van der Waals surface area contributed by atoms with Crippen molar-refractivity contribution < 1.29 is 0 Å². The van der Waals surface area contributed by atoms with Crippen LogP contribution in [0.25, 0.3) is 0 Å². The molecule has 0 N–H and O–H groups in total. The zero-order chi connectivity index (χ0) is 11.3. The van der Waals surface area contributed by atoms with E-state index in [0.717, 1.165) is 12.1 Å². The van der Waals surface area contributed by atoms with Crippen LogP contribution in [0, 0.1) is 0 Å². The number of aryl methyl sites for hydroxylation is 1. The first kappa shape index (κ1) is 12.9. The van der Waals surface area contributed by atoms with Gasteiger partial charge >= 0.3 is 0 Å². The van der Waals surface area contributed by atoms with E-state index in [0.29, 0.717) is 4.32 Å². The molecule has 0 unspecified atom stereocenters. The van der Waals surface area contributed by atoms with Crippen molar-refractivity contribution in [2.75, 3.05) is 4.31 Å². The van der Waals surface area contributed by atoms with Crippen molar-refractivity contribution >= 4 is 47.7 Å². The van der Waals surface area contributed by atoms with Gasteiger partial charge in [0.2, 0.25) is 0 Å². The molecule has 1 aromatic rings. The second-order valence-corrected chi connectivity index (χ2v) is 4.79. The molecule has 0 saturated heterocycles. The highest BCUT2D eigenvalue weighted by Gasteiger charge is 2.02. The largest absolute Gasteiger partial charge is 0.659 e. The standard InChI is InChI=1S/C11H14NS3/c1-2-3-6-9-7-4-5-8-10(9)12(15)11(13)14/h4-5,7-8H,2-3,6H2,1H3,(H,13,14)/q-1. The molecule has 1 nitrogen and oxygen atoms in total. The van der Waals surface area contributed by atoms with E-state index in [1.807, 2.05) is 18.2 Å². The van der Waals surface area contributed by atoms with Gasteiger partial charge in [-0.25, -0.2) is 0 Å². The van der Waals surface area contributed by atoms with Crippen molar-refractivity contribution in [2.45, 2.75) is 26.2 Å². The highest BCUT2D eigenvalue weighted by Crippen LogP contribution is 2.22. The maximum Gasteiger partial charge on any atom is 0.115 e. The summed E-state index contributed by atoms with van der Waals surface area (Å²) in [5, 5.41) is 0. The minimum Gasteiger partial charge on any atom is -0.659 e. The maximum atomic E-state index is 5.18. The van der Waals surface area contributed by atoms with Crippen LogP contribution in [-0.4, -0.2) is 4.32 Å². The van der Waals surface area contributed by atoms with Gasteiger partial charge < -0.3 is 17.1 Å². The highest BCUT2D eigenvalue weighted by molar-refractivity contribution is 8.12. The number of rotatable bonds is 4. The summed E-state index contributed by atoms with van der Waals surface area (Å²) in [6.07, 6.45) is 3.38. The Labute approximate surface area is 108 Å². The van der Waals surface area contributed by atoms with Crippen molar-refractivity contribution in [3.8, 4) is 0 Å². The Balaban J connectivity index is 2.90. The van der Waals surface area contributed by atoms with E-state index in [9.17, 15) is 0 Å². The van der Waals surface area contributed by atoms with Crippen molar-refractivity contribution in [3.05, 3.63) is 29.8 Å².